The molecule has 0 fully saturated rings. The van der Waals surface area contributed by atoms with E-state index < -0.39 is 35.4 Å². The maximum Gasteiger partial charge on any atom is 0.341 e. The van der Waals surface area contributed by atoms with Gasteiger partial charge in [-0.2, -0.15) is 0 Å². The van der Waals surface area contributed by atoms with Gasteiger partial charge < -0.3 is 20.1 Å². The van der Waals surface area contributed by atoms with Crippen molar-refractivity contribution >= 4 is 40.1 Å². The molecule has 0 aliphatic rings. The van der Waals surface area contributed by atoms with Gasteiger partial charge in [0, 0.05) is 16.4 Å². The van der Waals surface area contributed by atoms with E-state index in [4.69, 9.17) is 9.47 Å². The number of hydrogen-bond acceptors (Lipinski definition) is 7. The van der Waals surface area contributed by atoms with E-state index in [9.17, 15) is 19.2 Å². The zero-order valence-corrected chi connectivity index (χ0v) is 20.5. The molecule has 0 aliphatic heterocycles. The normalized spacial score (nSPS) is 12.9. The van der Waals surface area contributed by atoms with Crippen molar-refractivity contribution in [2.45, 2.75) is 53.7 Å². The molecule has 0 radical (unpaired) electrons. The van der Waals surface area contributed by atoms with Gasteiger partial charge in [0.25, 0.3) is 5.91 Å². The standard InChI is InChI=1S/C24H30N2O6S/c1-7-31-22(29)18-17(16-11-9-8-10-12-16)13-33-20(18)26-19(27)15(3)32-21(28)14(2)25-23(30)24(4,5)6/h8-15H,7H2,1-6H3,(H,25,30)(H,26,27). The second kappa shape index (κ2) is 11.1. The predicted molar refractivity (Wildman–Crippen MR) is 127 cm³/mol. The molecule has 9 heteroatoms. The third-order valence-electron chi connectivity index (χ3n) is 4.64. The van der Waals surface area contributed by atoms with Crippen LogP contribution in [0.3, 0.4) is 0 Å². The average molecular weight is 475 g/mol. The molecule has 0 saturated heterocycles. The van der Waals surface area contributed by atoms with Gasteiger partial charge in [0.15, 0.2) is 6.10 Å². The zero-order chi connectivity index (χ0) is 24.8. The molecule has 1 heterocycles. The van der Waals surface area contributed by atoms with E-state index in [1.165, 1.54) is 25.2 Å². The Labute approximate surface area is 197 Å². The Morgan fingerprint density at radius 2 is 1.70 bits per heavy atom. The summed E-state index contributed by atoms with van der Waals surface area (Å²) in [6.07, 6.45) is -1.15. The third-order valence-corrected chi connectivity index (χ3v) is 5.53. The Morgan fingerprint density at radius 1 is 1.06 bits per heavy atom. The Balaban J connectivity index is 2.14. The monoisotopic (exact) mass is 474 g/mol. The van der Waals surface area contributed by atoms with Gasteiger partial charge in [-0.3, -0.25) is 9.59 Å². The fourth-order valence-corrected chi connectivity index (χ4v) is 3.66. The molecule has 0 saturated carbocycles. The van der Waals surface area contributed by atoms with Crippen LogP contribution in [0, 0.1) is 5.41 Å². The Hall–Kier alpha value is -3.20. The van der Waals surface area contributed by atoms with Crippen molar-refractivity contribution in [3.8, 4) is 11.1 Å². The highest BCUT2D eigenvalue weighted by atomic mass is 32.1. The van der Waals surface area contributed by atoms with Crippen molar-refractivity contribution < 1.29 is 28.7 Å². The summed E-state index contributed by atoms with van der Waals surface area (Å²) in [6, 6.07) is 8.35. The van der Waals surface area contributed by atoms with Crippen LogP contribution in [0.1, 0.15) is 51.9 Å². The van der Waals surface area contributed by atoms with Crippen molar-refractivity contribution in [3.05, 3.63) is 41.3 Å². The van der Waals surface area contributed by atoms with Crippen molar-refractivity contribution in [1.29, 1.82) is 0 Å². The quantitative estimate of drug-likeness (QED) is 0.559. The minimum absolute atomic E-state index is 0.183. The first kappa shape index (κ1) is 26.1. The molecule has 178 valence electrons. The summed E-state index contributed by atoms with van der Waals surface area (Å²) in [5.41, 5.74) is 1.01. The van der Waals surface area contributed by atoms with E-state index in [2.05, 4.69) is 10.6 Å². The maximum atomic E-state index is 12.7. The number of benzene rings is 1. The molecule has 33 heavy (non-hydrogen) atoms. The summed E-state index contributed by atoms with van der Waals surface area (Å²) in [4.78, 5) is 49.7. The number of ether oxygens (including phenoxy) is 2. The second-order valence-corrected chi connectivity index (χ2v) is 9.33. The maximum absolute atomic E-state index is 12.7. The third kappa shape index (κ3) is 6.89. The van der Waals surface area contributed by atoms with Crippen LogP contribution >= 0.6 is 11.3 Å². The highest BCUT2D eigenvalue weighted by Crippen LogP contribution is 2.36. The number of esters is 2. The summed E-state index contributed by atoms with van der Waals surface area (Å²) >= 11 is 1.18. The highest BCUT2D eigenvalue weighted by Gasteiger charge is 2.29. The smallest absolute Gasteiger partial charge is 0.341 e. The van der Waals surface area contributed by atoms with Gasteiger partial charge in [-0.15, -0.1) is 11.3 Å². The summed E-state index contributed by atoms with van der Waals surface area (Å²) in [5.74, 6) is -2.21. The van der Waals surface area contributed by atoms with Crippen LogP contribution in [0.5, 0.6) is 0 Å². The summed E-state index contributed by atoms with van der Waals surface area (Å²) < 4.78 is 10.4. The molecule has 8 nitrogen and oxygen atoms in total. The van der Waals surface area contributed by atoms with E-state index in [0.29, 0.717) is 10.6 Å². The molecule has 1 aromatic carbocycles. The van der Waals surface area contributed by atoms with Crippen molar-refractivity contribution in [1.82, 2.24) is 5.32 Å². The first-order valence-electron chi connectivity index (χ1n) is 10.6. The zero-order valence-electron chi connectivity index (χ0n) is 19.7. The lowest BCUT2D eigenvalue weighted by atomic mass is 9.95. The highest BCUT2D eigenvalue weighted by molar-refractivity contribution is 7.15. The van der Waals surface area contributed by atoms with Gasteiger partial charge in [-0.1, -0.05) is 51.1 Å². The first-order valence-corrected chi connectivity index (χ1v) is 11.5. The lowest BCUT2D eigenvalue weighted by Crippen LogP contribution is -2.46. The van der Waals surface area contributed by atoms with Crippen LogP contribution in [0.15, 0.2) is 35.7 Å². The molecule has 2 amide bonds. The molecule has 2 aromatic rings. The van der Waals surface area contributed by atoms with Gasteiger partial charge >= 0.3 is 11.9 Å². The number of rotatable bonds is 8. The number of thiophene rings is 1. The molecule has 0 spiro atoms. The Bertz CT molecular complexity index is 1010. The molecular formula is C24H30N2O6S. The minimum atomic E-state index is -1.15. The SMILES string of the molecule is CCOC(=O)c1c(-c2ccccc2)csc1NC(=O)C(C)OC(=O)C(C)NC(=O)C(C)(C)C. The van der Waals surface area contributed by atoms with E-state index in [0.717, 1.165) is 5.56 Å². The van der Waals surface area contributed by atoms with Gasteiger partial charge in [-0.25, -0.2) is 9.59 Å². The van der Waals surface area contributed by atoms with E-state index >= 15 is 0 Å². The molecule has 0 aliphatic carbocycles. The summed E-state index contributed by atoms with van der Waals surface area (Å²) in [7, 11) is 0. The molecule has 2 atom stereocenters. The number of amides is 2. The number of anilines is 1. The Morgan fingerprint density at radius 3 is 2.27 bits per heavy atom. The molecule has 2 unspecified atom stereocenters. The number of carbonyl (C=O) groups is 4. The van der Waals surface area contributed by atoms with E-state index in [-0.39, 0.29) is 18.1 Å². The van der Waals surface area contributed by atoms with Crippen LogP contribution in [-0.4, -0.2) is 42.5 Å². The molecule has 0 bridgehead atoms. The predicted octanol–water partition coefficient (Wildman–Crippen LogP) is 4.01. The average Bonchev–Trinajstić information content (AvgIpc) is 3.17. The van der Waals surface area contributed by atoms with Crippen LogP contribution < -0.4 is 10.6 Å². The van der Waals surface area contributed by atoms with Gasteiger partial charge in [0.05, 0.1) is 6.61 Å². The molecule has 2 rings (SSSR count). The fourth-order valence-electron chi connectivity index (χ4n) is 2.70. The number of nitrogens with one attached hydrogen (secondary N) is 2. The van der Waals surface area contributed by atoms with Gasteiger partial charge in [0.1, 0.15) is 16.6 Å². The van der Waals surface area contributed by atoms with Crippen molar-refractivity contribution in [2.24, 2.45) is 5.41 Å². The minimum Gasteiger partial charge on any atom is -0.462 e. The van der Waals surface area contributed by atoms with Crippen molar-refractivity contribution in [3.63, 3.8) is 0 Å². The van der Waals surface area contributed by atoms with Crippen LogP contribution in [0.2, 0.25) is 0 Å². The molecule has 2 N–H and O–H groups in total. The topological polar surface area (TPSA) is 111 Å². The summed E-state index contributed by atoms with van der Waals surface area (Å²) in [6.45, 7) is 9.96. The second-order valence-electron chi connectivity index (χ2n) is 8.45. The first-order chi connectivity index (χ1) is 15.5. The largest absolute Gasteiger partial charge is 0.462 e. The van der Waals surface area contributed by atoms with Crippen LogP contribution in [-0.2, 0) is 23.9 Å². The molecule has 1 aromatic heterocycles. The van der Waals surface area contributed by atoms with E-state index in [1.807, 2.05) is 30.3 Å². The fraction of sp³-hybridized carbons (Fsp3) is 0.417. The Kier molecular flexibility index (Phi) is 8.76. The van der Waals surface area contributed by atoms with E-state index in [1.54, 1.807) is 33.1 Å². The van der Waals surface area contributed by atoms with Crippen molar-refractivity contribution in [2.75, 3.05) is 11.9 Å². The van der Waals surface area contributed by atoms with Gasteiger partial charge in [-0.05, 0) is 26.3 Å². The van der Waals surface area contributed by atoms with Crippen LogP contribution in [0.4, 0.5) is 5.00 Å². The van der Waals surface area contributed by atoms with Crippen LogP contribution in [0.25, 0.3) is 11.1 Å². The lowest BCUT2D eigenvalue weighted by molar-refractivity contribution is -0.156. The van der Waals surface area contributed by atoms with Gasteiger partial charge in [0.2, 0.25) is 5.91 Å². The number of hydrogen-bond donors (Lipinski definition) is 2. The number of carbonyl (C=O) groups excluding carboxylic acids is 4. The molecular weight excluding hydrogens is 444 g/mol. The summed E-state index contributed by atoms with van der Waals surface area (Å²) in [5, 5.41) is 7.29. The lowest BCUT2D eigenvalue weighted by Gasteiger charge is -2.22.